The molecule has 1 aromatic heterocycles. The van der Waals surface area contributed by atoms with Crippen LogP contribution in [-0.2, 0) is 13.0 Å². The van der Waals surface area contributed by atoms with Crippen LogP contribution >= 0.6 is 0 Å². The zero-order valence-electron chi connectivity index (χ0n) is 10.9. The van der Waals surface area contributed by atoms with Gasteiger partial charge in [0.25, 0.3) is 0 Å². The number of aromatic nitrogens is 3. The molecule has 102 valence electrons. The molecule has 0 amide bonds. The average Bonchev–Trinajstić information content (AvgIpc) is 2.61. The van der Waals surface area contributed by atoms with Crippen molar-refractivity contribution in [2.24, 2.45) is 11.7 Å². The highest BCUT2D eigenvalue weighted by Gasteiger charge is 2.28. The Morgan fingerprint density at radius 1 is 1.56 bits per heavy atom. The van der Waals surface area contributed by atoms with E-state index in [1.165, 1.54) is 4.68 Å². The minimum atomic E-state index is -1.13. The average molecular weight is 256 g/mol. The molecule has 0 fully saturated rings. The summed E-state index contributed by atoms with van der Waals surface area (Å²) in [5, 5.41) is 26.6. The molecule has 1 unspecified atom stereocenters. The number of carboxylic acid groups (broad SMARTS) is 1. The monoisotopic (exact) mass is 256 g/mol. The smallest absolute Gasteiger partial charge is 0.358 e. The molecule has 18 heavy (non-hydrogen) atoms. The van der Waals surface area contributed by atoms with Crippen molar-refractivity contribution in [1.82, 2.24) is 15.0 Å². The molecule has 7 heteroatoms. The van der Waals surface area contributed by atoms with Crippen molar-refractivity contribution >= 4 is 5.97 Å². The minimum absolute atomic E-state index is 0.0145. The van der Waals surface area contributed by atoms with Gasteiger partial charge in [-0.25, -0.2) is 9.48 Å². The highest BCUT2D eigenvalue weighted by atomic mass is 16.4. The van der Waals surface area contributed by atoms with Crippen LogP contribution in [0.1, 0.15) is 37.0 Å². The third kappa shape index (κ3) is 3.05. The second kappa shape index (κ2) is 5.45. The zero-order valence-corrected chi connectivity index (χ0v) is 10.9. The SMILES string of the molecule is CC(C)C(C)(O)Cn1nnc(C(=O)O)c1CCN. The molecule has 0 aliphatic heterocycles. The van der Waals surface area contributed by atoms with Crippen molar-refractivity contribution in [1.29, 1.82) is 0 Å². The molecule has 0 spiro atoms. The molecule has 7 nitrogen and oxygen atoms in total. The Balaban J connectivity index is 3.06. The van der Waals surface area contributed by atoms with E-state index in [9.17, 15) is 9.90 Å². The molecule has 0 saturated carbocycles. The van der Waals surface area contributed by atoms with Crippen LogP contribution in [0.3, 0.4) is 0 Å². The van der Waals surface area contributed by atoms with Gasteiger partial charge in [0, 0.05) is 6.42 Å². The standard InChI is InChI=1S/C11H20N4O3/c1-7(2)11(3,18)6-15-8(4-5-12)9(10(16)17)13-14-15/h7,18H,4-6,12H2,1-3H3,(H,16,17). The Kier molecular flexibility index (Phi) is 4.42. The number of nitrogens with two attached hydrogens (primary N) is 1. The van der Waals surface area contributed by atoms with E-state index in [0.717, 1.165) is 0 Å². The number of hydrogen-bond acceptors (Lipinski definition) is 5. The predicted molar refractivity (Wildman–Crippen MR) is 65.2 cm³/mol. The molecule has 1 heterocycles. The minimum Gasteiger partial charge on any atom is -0.476 e. The molecular formula is C11H20N4O3. The van der Waals surface area contributed by atoms with Crippen LogP contribution in [0.2, 0.25) is 0 Å². The maximum Gasteiger partial charge on any atom is 0.358 e. The van der Waals surface area contributed by atoms with Crippen molar-refractivity contribution in [3.8, 4) is 0 Å². The summed E-state index contributed by atoms with van der Waals surface area (Å²) in [6, 6.07) is 0. The molecule has 1 atom stereocenters. The van der Waals surface area contributed by atoms with E-state index in [4.69, 9.17) is 10.8 Å². The first-order valence-electron chi connectivity index (χ1n) is 5.87. The van der Waals surface area contributed by atoms with Gasteiger partial charge in [0.15, 0.2) is 5.69 Å². The van der Waals surface area contributed by atoms with E-state index in [1.54, 1.807) is 6.92 Å². The van der Waals surface area contributed by atoms with Crippen LogP contribution < -0.4 is 5.73 Å². The summed E-state index contributed by atoms with van der Waals surface area (Å²) in [7, 11) is 0. The van der Waals surface area contributed by atoms with Gasteiger partial charge in [-0.2, -0.15) is 0 Å². The summed E-state index contributed by atoms with van der Waals surface area (Å²) < 4.78 is 1.43. The summed E-state index contributed by atoms with van der Waals surface area (Å²) in [5.41, 5.74) is 4.83. The van der Waals surface area contributed by atoms with Gasteiger partial charge in [0.2, 0.25) is 0 Å². The first-order chi connectivity index (χ1) is 8.29. The van der Waals surface area contributed by atoms with Crippen molar-refractivity contribution < 1.29 is 15.0 Å². The molecule has 0 aliphatic rings. The van der Waals surface area contributed by atoms with Crippen LogP contribution in [0, 0.1) is 5.92 Å². The Morgan fingerprint density at radius 2 is 2.17 bits per heavy atom. The lowest BCUT2D eigenvalue weighted by Gasteiger charge is -2.27. The highest BCUT2D eigenvalue weighted by Crippen LogP contribution is 2.19. The van der Waals surface area contributed by atoms with Crippen LogP contribution in [0.25, 0.3) is 0 Å². The van der Waals surface area contributed by atoms with Gasteiger partial charge in [-0.3, -0.25) is 0 Å². The predicted octanol–water partition coefficient (Wildman–Crippen LogP) is -0.115. The lowest BCUT2D eigenvalue weighted by Crippen LogP contribution is -2.37. The molecular weight excluding hydrogens is 236 g/mol. The summed E-state index contributed by atoms with van der Waals surface area (Å²) in [5.74, 6) is -1.12. The fourth-order valence-electron chi connectivity index (χ4n) is 1.50. The van der Waals surface area contributed by atoms with E-state index >= 15 is 0 Å². The number of nitrogens with zero attached hydrogens (tertiary/aromatic N) is 3. The van der Waals surface area contributed by atoms with E-state index in [2.05, 4.69) is 10.3 Å². The number of rotatable bonds is 6. The normalized spacial score (nSPS) is 14.8. The summed E-state index contributed by atoms with van der Waals surface area (Å²) in [6.07, 6.45) is 0.364. The van der Waals surface area contributed by atoms with E-state index in [-0.39, 0.29) is 18.2 Å². The molecule has 0 aliphatic carbocycles. The molecule has 0 aromatic carbocycles. The second-order valence-electron chi connectivity index (χ2n) is 4.90. The van der Waals surface area contributed by atoms with Gasteiger partial charge >= 0.3 is 5.97 Å². The molecule has 0 bridgehead atoms. The van der Waals surface area contributed by atoms with Crippen LogP contribution in [0.15, 0.2) is 0 Å². The number of carbonyl (C=O) groups is 1. The van der Waals surface area contributed by atoms with Crippen LogP contribution in [-0.4, -0.2) is 43.3 Å². The summed E-state index contributed by atoms with van der Waals surface area (Å²) in [6.45, 7) is 5.96. The number of aromatic carboxylic acids is 1. The molecule has 1 aromatic rings. The highest BCUT2D eigenvalue weighted by molar-refractivity contribution is 5.86. The quantitative estimate of drug-likeness (QED) is 0.654. The molecule has 1 rings (SSSR count). The van der Waals surface area contributed by atoms with Gasteiger partial charge in [-0.05, 0) is 19.4 Å². The third-order valence-electron chi connectivity index (χ3n) is 3.14. The second-order valence-corrected chi connectivity index (χ2v) is 4.90. The largest absolute Gasteiger partial charge is 0.476 e. The van der Waals surface area contributed by atoms with E-state index < -0.39 is 11.6 Å². The number of aliphatic hydroxyl groups is 1. The molecule has 4 N–H and O–H groups in total. The lowest BCUT2D eigenvalue weighted by atomic mass is 9.92. The van der Waals surface area contributed by atoms with Crippen LogP contribution in [0.5, 0.6) is 0 Å². The topological polar surface area (TPSA) is 114 Å². The Morgan fingerprint density at radius 3 is 2.61 bits per heavy atom. The third-order valence-corrected chi connectivity index (χ3v) is 3.14. The molecule has 0 radical (unpaired) electrons. The number of hydrogen-bond donors (Lipinski definition) is 3. The maximum absolute atomic E-state index is 11.0. The maximum atomic E-state index is 11.0. The van der Waals surface area contributed by atoms with Crippen molar-refractivity contribution in [3.63, 3.8) is 0 Å². The summed E-state index contributed by atoms with van der Waals surface area (Å²) >= 11 is 0. The Labute approximate surface area is 106 Å². The first kappa shape index (κ1) is 14.6. The van der Waals surface area contributed by atoms with Gasteiger partial charge in [0.05, 0.1) is 17.8 Å². The van der Waals surface area contributed by atoms with E-state index in [0.29, 0.717) is 18.7 Å². The molecule has 0 saturated heterocycles. The van der Waals surface area contributed by atoms with Gasteiger partial charge < -0.3 is 15.9 Å². The zero-order chi connectivity index (χ0) is 13.9. The van der Waals surface area contributed by atoms with Gasteiger partial charge in [-0.1, -0.05) is 19.1 Å². The summed E-state index contributed by atoms with van der Waals surface area (Å²) in [4.78, 5) is 11.0. The number of carboxylic acids is 1. The Hall–Kier alpha value is -1.47. The Bertz CT molecular complexity index is 426. The van der Waals surface area contributed by atoms with Crippen molar-refractivity contribution in [2.45, 2.75) is 39.3 Å². The lowest BCUT2D eigenvalue weighted by molar-refractivity contribution is -0.00682. The first-order valence-corrected chi connectivity index (χ1v) is 5.87. The fraction of sp³-hybridized carbons (Fsp3) is 0.727. The van der Waals surface area contributed by atoms with Crippen molar-refractivity contribution in [2.75, 3.05) is 6.54 Å². The fourth-order valence-corrected chi connectivity index (χ4v) is 1.50. The van der Waals surface area contributed by atoms with Gasteiger partial charge in [-0.15, -0.1) is 5.10 Å². The van der Waals surface area contributed by atoms with Crippen molar-refractivity contribution in [3.05, 3.63) is 11.4 Å². The van der Waals surface area contributed by atoms with E-state index in [1.807, 2.05) is 13.8 Å². The van der Waals surface area contributed by atoms with Crippen LogP contribution in [0.4, 0.5) is 0 Å². The van der Waals surface area contributed by atoms with Gasteiger partial charge in [0.1, 0.15) is 0 Å².